The van der Waals surface area contributed by atoms with Crippen molar-refractivity contribution in [3.8, 4) is 0 Å². The molecule has 18 heavy (non-hydrogen) atoms. The van der Waals surface area contributed by atoms with Crippen molar-refractivity contribution in [2.24, 2.45) is 0 Å². The summed E-state index contributed by atoms with van der Waals surface area (Å²) in [7, 11) is 1.56. The minimum absolute atomic E-state index is 0.106. The average molecular weight is 275 g/mol. The Labute approximate surface area is 110 Å². The molecule has 0 aliphatic carbocycles. The van der Waals surface area contributed by atoms with Crippen molar-refractivity contribution in [2.45, 2.75) is 6.54 Å². The first-order valence-electron chi connectivity index (χ1n) is 5.54. The number of carbonyl (C=O) groups is 1. The van der Waals surface area contributed by atoms with Crippen LogP contribution in [0.15, 0.2) is 18.2 Å². The molecule has 0 aliphatic rings. The fourth-order valence-electron chi connectivity index (χ4n) is 1.36. The Morgan fingerprint density at radius 1 is 1.50 bits per heavy atom. The van der Waals surface area contributed by atoms with Gasteiger partial charge in [0.05, 0.1) is 13.2 Å². The SMILES string of the molecule is COCCNC(=O)CNCc1c(F)cccc1Cl. The molecule has 2 N–H and O–H groups in total. The molecular formula is C12H16ClFN2O2. The topological polar surface area (TPSA) is 50.4 Å². The van der Waals surface area contributed by atoms with Crippen LogP contribution in [0.25, 0.3) is 0 Å². The van der Waals surface area contributed by atoms with Gasteiger partial charge in [-0.15, -0.1) is 0 Å². The lowest BCUT2D eigenvalue weighted by atomic mass is 10.2. The summed E-state index contributed by atoms with van der Waals surface area (Å²) < 4.78 is 18.2. The summed E-state index contributed by atoms with van der Waals surface area (Å²) >= 11 is 5.85. The van der Waals surface area contributed by atoms with Gasteiger partial charge < -0.3 is 15.4 Å². The molecule has 0 unspecified atom stereocenters. The minimum Gasteiger partial charge on any atom is -0.383 e. The molecule has 1 aromatic carbocycles. The summed E-state index contributed by atoms with van der Waals surface area (Å²) in [6.45, 7) is 1.24. The Kier molecular flexibility index (Phi) is 6.64. The lowest BCUT2D eigenvalue weighted by molar-refractivity contribution is -0.120. The summed E-state index contributed by atoms with van der Waals surface area (Å²) in [4.78, 5) is 11.3. The van der Waals surface area contributed by atoms with Gasteiger partial charge in [-0.25, -0.2) is 4.39 Å². The Bertz CT molecular complexity index is 381. The molecule has 0 spiro atoms. The van der Waals surface area contributed by atoms with Crippen molar-refractivity contribution in [1.29, 1.82) is 0 Å². The van der Waals surface area contributed by atoms with Gasteiger partial charge in [0.25, 0.3) is 0 Å². The van der Waals surface area contributed by atoms with E-state index in [0.29, 0.717) is 23.7 Å². The number of nitrogens with one attached hydrogen (secondary N) is 2. The number of methoxy groups -OCH3 is 1. The second-order valence-corrected chi connectivity index (χ2v) is 4.05. The van der Waals surface area contributed by atoms with Crippen LogP contribution in [-0.4, -0.2) is 32.7 Å². The van der Waals surface area contributed by atoms with Crippen LogP contribution in [0.2, 0.25) is 5.02 Å². The maximum Gasteiger partial charge on any atom is 0.234 e. The molecule has 4 nitrogen and oxygen atoms in total. The molecule has 0 atom stereocenters. The fourth-order valence-corrected chi connectivity index (χ4v) is 1.59. The van der Waals surface area contributed by atoms with Crippen LogP contribution >= 0.6 is 11.6 Å². The van der Waals surface area contributed by atoms with E-state index in [9.17, 15) is 9.18 Å². The molecule has 1 amide bonds. The molecule has 0 heterocycles. The molecule has 0 aliphatic heterocycles. The smallest absolute Gasteiger partial charge is 0.234 e. The van der Waals surface area contributed by atoms with E-state index in [1.54, 1.807) is 19.2 Å². The molecule has 0 radical (unpaired) electrons. The third-order valence-corrected chi connectivity index (χ3v) is 2.63. The number of carbonyl (C=O) groups excluding carboxylic acids is 1. The number of halogens is 2. The monoisotopic (exact) mass is 274 g/mol. The zero-order chi connectivity index (χ0) is 13.4. The summed E-state index contributed by atoms with van der Waals surface area (Å²) in [5.74, 6) is -0.547. The molecule has 1 rings (SSSR count). The van der Waals surface area contributed by atoms with Crippen LogP contribution in [0.4, 0.5) is 4.39 Å². The maximum absolute atomic E-state index is 13.4. The highest BCUT2D eigenvalue weighted by atomic mass is 35.5. The highest BCUT2D eigenvalue weighted by Gasteiger charge is 2.07. The van der Waals surface area contributed by atoms with Crippen LogP contribution in [0, 0.1) is 5.82 Å². The molecule has 100 valence electrons. The molecule has 6 heteroatoms. The van der Waals surface area contributed by atoms with Gasteiger partial charge in [-0.1, -0.05) is 17.7 Å². The predicted molar refractivity (Wildman–Crippen MR) is 68.0 cm³/mol. The molecule has 0 saturated carbocycles. The third kappa shape index (κ3) is 5.00. The molecule has 0 fully saturated rings. The minimum atomic E-state index is -0.380. The summed E-state index contributed by atoms with van der Waals surface area (Å²) in [6.07, 6.45) is 0. The predicted octanol–water partition coefficient (Wildman–Crippen LogP) is 1.33. The van der Waals surface area contributed by atoms with Gasteiger partial charge in [0.1, 0.15) is 5.82 Å². The average Bonchev–Trinajstić information content (AvgIpc) is 2.33. The van der Waals surface area contributed by atoms with Crippen LogP contribution < -0.4 is 10.6 Å². The Morgan fingerprint density at radius 2 is 2.28 bits per heavy atom. The van der Waals surface area contributed by atoms with Crippen LogP contribution in [-0.2, 0) is 16.1 Å². The van der Waals surface area contributed by atoms with Crippen molar-refractivity contribution in [2.75, 3.05) is 26.8 Å². The Hall–Kier alpha value is -1.17. The first-order valence-corrected chi connectivity index (χ1v) is 5.92. The summed E-state index contributed by atoms with van der Waals surface area (Å²) in [5.41, 5.74) is 0.365. The quantitative estimate of drug-likeness (QED) is 0.738. The van der Waals surface area contributed by atoms with Crippen molar-refractivity contribution >= 4 is 17.5 Å². The van der Waals surface area contributed by atoms with Crippen molar-refractivity contribution in [3.05, 3.63) is 34.6 Å². The van der Waals surface area contributed by atoms with E-state index in [4.69, 9.17) is 16.3 Å². The van der Waals surface area contributed by atoms with Gasteiger partial charge in [0, 0.05) is 30.8 Å². The van der Waals surface area contributed by atoms with E-state index >= 15 is 0 Å². The number of hydrogen-bond acceptors (Lipinski definition) is 3. The molecule has 0 aromatic heterocycles. The second-order valence-electron chi connectivity index (χ2n) is 3.65. The van der Waals surface area contributed by atoms with E-state index in [-0.39, 0.29) is 24.8 Å². The zero-order valence-corrected chi connectivity index (χ0v) is 10.9. The zero-order valence-electron chi connectivity index (χ0n) is 10.1. The first kappa shape index (κ1) is 14.9. The highest BCUT2D eigenvalue weighted by Crippen LogP contribution is 2.18. The van der Waals surface area contributed by atoms with E-state index in [0.717, 1.165) is 0 Å². The maximum atomic E-state index is 13.4. The van der Waals surface area contributed by atoms with Gasteiger partial charge >= 0.3 is 0 Å². The molecule has 0 bridgehead atoms. The number of hydrogen-bond donors (Lipinski definition) is 2. The third-order valence-electron chi connectivity index (χ3n) is 2.28. The lowest BCUT2D eigenvalue weighted by Gasteiger charge is -2.08. The van der Waals surface area contributed by atoms with E-state index in [2.05, 4.69) is 10.6 Å². The lowest BCUT2D eigenvalue weighted by Crippen LogP contribution is -2.35. The van der Waals surface area contributed by atoms with Gasteiger partial charge in [0.2, 0.25) is 5.91 Å². The van der Waals surface area contributed by atoms with Crippen LogP contribution in [0.1, 0.15) is 5.56 Å². The molecule has 1 aromatic rings. The summed E-state index contributed by atoms with van der Waals surface area (Å²) in [6, 6.07) is 4.49. The largest absolute Gasteiger partial charge is 0.383 e. The van der Waals surface area contributed by atoms with Crippen molar-refractivity contribution in [3.63, 3.8) is 0 Å². The first-order chi connectivity index (χ1) is 8.65. The van der Waals surface area contributed by atoms with Crippen LogP contribution in [0.3, 0.4) is 0 Å². The van der Waals surface area contributed by atoms with Crippen LogP contribution in [0.5, 0.6) is 0 Å². The second kappa shape index (κ2) is 8.02. The standard InChI is InChI=1S/C12H16ClFN2O2/c1-18-6-5-16-12(17)8-15-7-9-10(13)3-2-4-11(9)14/h2-4,15H,5-8H2,1H3,(H,16,17). The van der Waals surface area contributed by atoms with Gasteiger partial charge in [-0.3, -0.25) is 4.79 Å². The van der Waals surface area contributed by atoms with Crippen molar-refractivity contribution in [1.82, 2.24) is 10.6 Å². The number of benzene rings is 1. The van der Waals surface area contributed by atoms with E-state index in [1.807, 2.05) is 0 Å². The molecular weight excluding hydrogens is 259 g/mol. The Balaban J connectivity index is 2.31. The van der Waals surface area contributed by atoms with Crippen molar-refractivity contribution < 1.29 is 13.9 Å². The normalized spacial score (nSPS) is 10.4. The van der Waals surface area contributed by atoms with Gasteiger partial charge in [-0.2, -0.15) is 0 Å². The van der Waals surface area contributed by atoms with E-state index < -0.39 is 0 Å². The Morgan fingerprint density at radius 3 is 2.94 bits per heavy atom. The van der Waals surface area contributed by atoms with E-state index in [1.165, 1.54) is 6.07 Å². The number of amides is 1. The highest BCUT2D eigenvalue weighted by molar-refractivity contribution is 6.31. The number of rotatable bonds is 7. The fraction of sp³-hybridized carbons (Fsp3) is 0.417. The van der Waals surface area contributed by atoms with Gasteiger partial charge in [-0.05, 0) is 12.1 Å². The summed E-state index contributed by atoms with van der Waals surface area (Å²) in [5, 5.41) is 5.83. The van der Waals surface area contributed by atoms with Gasteiger partial charge in [0.15, 0.2) is 0 Å². The number of ether oxygens (including phenoxy) is 1. The molecule has 0 saturated heterocycles.